The summed E-state index contributed by atoms with van der Waals surface area (Å²) in [7, 11) is 0. The van der Waals surface area contributed by atoms with Gasteiger partial charge in [0.05, 0.1) is 89.2 Å². The van der Waals surface area contributed by atoms with Crippen LogP contribution in [0.2, 0.25) is 0 Å². The van der Waals surface area contributed by atoms with Gasteiger partial charge >= 0.3 is 0 Å². The summed E-state index contributed by atoms with van der Waals surface area (Å²) in [5, 5.41) is 36.5. The summed E-state index contributed by atoms with van der Waals surface area (Å²) in [6.45, 7) is 42.9. The van der Waals surface area contributed by atoms with E-state index < -0.39 is 0 Å². The number of rotatable bonds is 5. The minimum atomic E-state index is 0.952. The summed E-state index contributed by atoms with van der Waals surface area (Å²) in [5.41, 5.74) is 22.4. The van der Waals surface area contributed by atoms with Crippen LogP contribution in [0.25, 0.3) is 189 Å². The third-order valence-electron chi connectivity index (χ3n) is 24.3. The Morgan fingerprint density at radius 1 is 0.207 bits per heavy atom. The van der Waals surface area contributed by atoms with Gasteiger partial charge in [-0.15, -0.1) is 136 Å². The number of benzene rings is 7. The highest BCUT2D eigenvalue weighted by Gasteiger charge is 2.24. The summed E-state index contributed by atoms with van der Waals surface area (Å²) in [5.74, 6) is 0. The second-order valence-corrected chi connectivity index (χ2v) is 51.6. The minimum Gasteiger partial charge on any atom is -0.252 e. The molecular formula is C110H94N14S16. The molecular weight excluding hydrogens is 2030 g/mol. The zero-order valence-electron chi connectivity index (χ0n) is 80.4. The Morgan fingerprint density at radius 2 is 0.514 bits per heavy atom. The van der Waals surface area contributed by atoms with Gasteiger partial charge in [-0.3, -0.25) is 19.9 Å². The van der Waals surface area contributed by atoms with Crippen molar-refractivity contribution in [3.8, 4) is 50.1 Å². The highest BCUT2D eigenvalue weighted by Crippen LogP contribution is 2.50. The second kappa shape index (κ2) is 42.3. The third-order valence-corrected chi connectivity index (χ3v) is 40.5. The van der Waals surface area contributed by atoms with E-state index in [-0.39, 0.29) is 0 Å². The van der Waals surface area contributed by atoms with E-state index in [0.29, 0.717) is 0 Å². The van der Waals surface area contributed by atoms with E-state index in [1.54, 1.807) is 81.5 Å². The van der Waals surface area contributed by atoms with Crippen molar-refractivity contribution < 1.29 is 0 Å². The van der Waals surface area contributed by atoms with Crippen molar-refractivity contribution in [2.45, 2.75) is 138 Å². The fourth-order valence-electron chi connectivity index (χ4n) is 17.1. The molecule has 0 radical (unpaired) electrons. The highest BCUT2D eigenvalue weighted by atomic mass is 32.2. The molecule has 27 rings (SSSR count). The van der Waals surface area contributed by atoms with Crippen LogP contribution in [0.15, 0.2) is 206 Å². The van der Waals surface area contributed by atoms with E-state index in [0.717, 1.165) is 87.2 Å². The van der Waals surface area contributed by atoms with Crippen molar-refractivity contribution >= 4 is 321 Å². The maximum Gasteiger partial charge on any atom is 0.112 e. The summed E-state index contributed by atoms with van der Waals surface area (Å²) < 4.78 is 31.9. The third kappa shape index (κ3) is 20.1. The van der Waals surface area contributed by atoms with Gasteiger partial charge in [0, 0.05) is 155 Å². The molecule has 7 aromatic carbocycles. The molecule has 14 nitrogen and oxygen atoms in total. The topological polar surface area (TPSA) is 180 Å². The maximum atomic E-state index is 4.50. The van der Waals surface area contributed by atoms with E-state index in [4.69, 9.17) is 0 Å². The lowest BCUT2D eigenvalue weighted by Gasteiger charge is -2.05. The van der Waals surface area contributed by atoms with E-state index in [9.17, 15) is 0 Å². The molecule has 27 aromatic rings. The van der Waals surface area contributed by atoms with Crippen molar-refractivity contribution in [3.63, 3.8) is 0 Å². The Morgan fingerprint density at radius 3 is 0.886 bits per heavy atom. The Kier molecular flexibility index (Phi) is 29.5. The number of aromatic nitrogens is 14. The summed E-state index contributed by atoms with van der Waals surface area (Å²) >= 11 is 27.8. The van der Waals surface area contributed by atoms with Gasteiger partial charge in [0.25, 0.3) is 0 Å². The van der Waals surface area contributed by atoms with Crippen molar-refractivity contribution in [1.29, 1.82) is 0 Å². The zero-order chi connectivity index (χ0) is 97.6. The Bertz CT molecular complexity index is 8180. The fourth-order valence-corrected chi connectivity index (χ4v) is 33.2. The molecule has 0 aliphatic carbocycles. The van der Waals surface area contributed by atoms with Crippen LogP contribution in [0.3, 0.4) is 0 Å². The first kappa shape index (κ1) is 97.8. The number of hydrogen-bond donors (Lipinski definition) is 0. The van der Waals surface area contributed by atoms with E-state index in [1.807, 2.05) is 115 Å². The molecule has 0 saturated carbocycles. The summed E-state index contributed by atoms with van der Waals surface area (Å²) in [6, 6.07) is 52.3. The van der Waals surface area contributed by atoms with Crippen molar-refractivity contribution in [2.75, 3.05) is 0 Å². The van der Waals surface area contributed by atoms with Gasteiger partial charge in [0.1, 0.15) is 55.2 Å². The maximum absolute atomic E-state index is 4.50. The van der Waals surface area contributed by atoms with Crippen molar-refractivity contribution in [1.82, 2.24) is 66.6 Å². The molecule has 0 atom stereocenters. The average Bonchev–Trinajstić information content (AvgIpc) is 1.61. The van der Waals surface area contributed by atoms with Crippen LogP contribution >= 0.6 is 183 Å². The first-order valence-electron chi connectivity index (χ1n) is 45.0. The van der Waals surface area contributed by atoms with Crippen LogP contribution < -0.4 is 0 Å². The second-order valence-electron chi connectivity index (χ2n) is 34.2. The van der Waals surface area contributed by atoms with Crippen LogP contribution in [0, 0.1) is 138 Å². The molecule has 140 heavy (non-hydrogen) atoms. The van der Waals surface area contributed by atoms with Crippen molar-refractivity contribution in [3.05, 3.63) is 309 Å². The monoisotopic (exact) mass is 2120 g/mol. The molecule has 0 aliphatic rings. The molecule has 700 valence electrons. The molecule has 0 amide bonds. The smallest absolute Gasteiger partial charge is 0.112 e. The Labute approximate surface area is 875 Å². The van der Waals surface area contributed by atoms with Gasteiger partial charge in [-0.1, -0.05) is 97.1 Å². The fraction of sp³-hybridized carbons (Fsp3) is 0.182. The number of nitrogens with zero attached hydrogens (tertiary/aromatic N) is 14. The van der Waals surface area contributed by atoms with E-state index in [1.165, 1.54) is 240 Å². The average molecular weight is 2130 g/mol. The van der Waals surface area contributed by atoms with Gasteiger partial charge in [-0.05, 0) is 275 Å². The predicted molar refractivity (Wildman–Crippen MR) is 623 cm³/mol. The van der Waals surface area contributed by atoms with E-state index in [2.05, 4.69) is 361 Å². The SMILES string of the molecule is Cc1cc2c(C)c3sc(C)cc3c(C)c2s1.Cc1cc2sc(C)cc2s1.Cc1ccc(-c2ccc(C)c3nsnc23)c2nsnc12.Cc1ccc(-c2ccc(C)s2)s1.Cc1ccc(C)c2cscc12.Cc1ccc(C)c2nsnc12.Cc1sc(-c2sc(C)c3ccccc23)c2ccccc12.Cc1sc(-c2sc(C)c3cnncc23)c2cnncc12.Cc1sc(-c2sc(C)c3nccnc23)c2nccnc12. The first-order valence-corrected chi connectivity index (χ1v) is 57.9. The number of fused-ring (bicyclic) bond motifs is 13. The lowest BCUT2D eigenvalue weighted by Crippen LogP contribution is -1.87. The lowest BCUT2D eigenvalue weighted by atomic mass is 9.99. The Hall–Kier alpha value is -11.0. The minimum absolute atomic E-state index is 0.952. The van der Waals surface area contributed by atoms with Crippen LogP contribution in [-0.2, 0) is 0 Å². The molecule has 0 bridgehead atoms. The molecule has 0 fully saturated rings. The Balaban J connectivity index is 0.000000101. The number of hydrogen-bond acceptors (Lipinski definition) is 30. The van der Waals surface area contributed by atoms with Crippen LogP contribution in [0.1, 0.15) is 103 Å². The van der Waals surface area contributed by atoms with E-state index >= 15 is 0 Å². The highest BCUT2D eigenvalue weighted by molar-refractivity contribution is 7.28. The predicted octanol–water partition coefficient (Wildman–Crippen LogP) is 37.2. The molecule has 30 heteroatoms. The van der Waals surface area contributed by atoms with Gasteiger partial charge in [-0.2, -0.15) is 58.0 Å². The zero-order valence-corrected chi connectivity index (χ0v) is 93.5. The van der Waals surface area contributed by atoms with Gasteiger partial charge < -0.3 is 0 Å². The van der Waals surface area contributed by atoms with Gasteiger partial charge in [-0.25, -0.2) is 0 Å². The first-order chi connectivity index (χ1) is 67.7. The standard InChI is InChI=1S/C18H14S2.3C14H10N4S2.C14H14S2.C10H10S2.C10H10S.C8H8N2S.C8H8S2/c1-11-13-7-3-5-9-15(13)17(19-11)18-16-10-6-4-8-14(16)12(2)20-18;1-7-9-3-15-17-5-11(9)13(19-7)14-12-6-18-16-4-10(12)8(2)20-14;1-7-9-11(17-5-3-15-9)13(19-7)14-12-10(8(2)20-14)16-4-6-18-12;1-7-3-5-9(13-11(7)15-19-17-13)10-6-4-8(2)12-14(10)18-20-16-12;1-7-5-11-9(3)14-12(6-8(2)16-14)10(4)13(11)15-7;1-7-3-5-9(11-7)10-6-4-8(2)12-10;1-7-3-4-8(2)10-6-11-5-9(7)10;1-5-3-4-6(2)8-7(5)9-11-10-8;1-5-3-7-8(9-5)4-6(2)10-7/h3-10H,1-2H3;3*3-6H,1-2H3;5-6H,1-4H3;3-6H,1-2H3;3-6H,1-2H3;3-4H,1-2H3;3-4H,1-2H3. The number of aryl methyl sites for hydroxylation is 20. The van der Waals surface area contributed by atoms with Crippen LogP contribution in [-0.4, -0.2) is 66.6 Å². The molecule has 20 heterocycles. The van der Waals surface area contributed by atoms with Crippen molar-refractivity contribution in [2.24, 2.45) is 0 Å². The molecule has 0 N–H and O–H groups in total. The summed E-state index contributed by atoms with van der Waals surface area (Å²) in [6.07, 6.45) is 14.3. The summed E-state index contributed by atoms with van der Waals surface area (Å²) in [4.78, 5) is 44.5. The largest absolute Gasteiger partial charge is 0.252 e. The number of thiophene rings is 13. The molecule has 0 unspecified atom stereocenters. The van der Waals surface area contributed by atoms with Crippen LogP contribution in [0.5, 0.6) is 0 Å². The lowest BCUT2D eigenvalue weighted by molar-refractivity contribution is 1.05. The van der Waals surface area contributed by atoms with Gasteiger partial charge in [0.15, 0.2) is 0 Å². The van der Waals surface area contributed by atoms with Crippen LogP contribution in [0.4, 0.5) is 0 Å². The quantitative estimate of drug-likeness (QED) is 0.159. The molecule has 20 aromatic heterocycles. The van der Waals surface area contributed by atoms with Gasteiger partial charge in [0.2, 0.25) is 0 Å². The molecule has 0 aliphatic heterocycles. The normalized spacial score (nSPS) is 11.3. The molecule has 0 spiro atoms. The molecule has 0 saturated heterocycles.